The Morgan fingerprint density at radius 2 is 1.96 bits per heavy atom. The summed E-state index contributed by atoms with van der Waals surface area (Å²) < 4.78 is 12.9. The number of aliphatic hydroxyl groups excluding tert-OH is 1. The average Bonchev–Trinajstić information content (AvgIpc) is 2.95. The van der Waals surface area contributed by atoms with Crippen LogP contribution in [0.4, 0.5) is 10.1 Å². The van der Waals surface area contributed by atoms with Crippen molar-refractivity contribution in [3.8, 4) is 0 Å². The molecule has 1 unspecified atom stereocenters. The van der Waals surface area contributed by atoms with Gasteiger partial charge in [-0.3, -0.25) is 4.79 Å². The third-order valence-corrected chi connectivity index (χ3v) is 5.00. The molecule has 1 atom stereocenters. The lowest BCUT2D eigenvalue weighted by Gasteiger charge is -2.17. The number of nitrogens with zero attached hydrogens (tertiary/aromatic N) is 1. The molecule has 0 radical (unpaired) electrons. The summed E-state index contributed by atoms with van der Waals surface area (Å²) in [5.41, 5.74) is 1.94. The molecule has 0 spiro atoms. The zero-order chi connectivity index (χ0) is 16.2. The molecule has 23 heavy (non-hydrogen) atoms. The van der Waals surface area contributed by atoms with Crippen LogP contribution < -0.4 is 4.90 Å². The highest BCUT2D eigenvalue weighted by Gasteiger charge is 2.31. The molecule has 1 amide bonds. The van der Waals surface area contributed by atoms with E-state index in [2.05, 4.69) is 0 Å². The van der Waals surface area contributed by atoms with Gasteiger partial charge in [-0.05, 0) is 35.9 Å². The fraction of sp³-hybridized carbons (Fsp3) is 0.278. The molecule has 2 aromatic carbocycles. The summed E-state index contributed by atoms with van der Waals surface area (Å²) in [6, 6.07) is 14.0. The largest absolute Gasteiger partial charge is 0.396 e. The lowest BCUT2D eigenvalue weighted by Crippen LogP contribution is -2.30. The first-order chi connectivity index (χ1) is 11.2. The van der Waals surface area contributed by atoms with E-state index in [9.17, 15) is 14.3 Å². The standard InChI is InChI=1S/C18H18FNO2S/c19-14-5-7-15(8-6-14)23-10-9-18(22)20-11-13(12-21)16-3-1-2-4-17(16)20/h1-8,13,21H,9-12H2. The van der Waals surface area contributed by atoms with Crippen molar-refractivity contribution in [2.24, 2.45) is 0 Å². The summed E-state index contributed by atoms with van der Waals surface area (Å²) in [5.74, 6) is 0.449. The number of benzene rings is 2. The van der Waals surface area contributed by atoms with Crippen LogP contribution in [-0.2, 0) is 4.79 Å². The van der Waals surface area contributed by atoms with E-state index < -0.39 is 0 Å². The van der Waals surface area contributed by atoms with Crippen molar-refractivity contribution in [1.29, 1.82) is 0 Å². The van der Waals surface area contributed by atoms with Crippen LogP contribution >= 0.6 is 11.8 Å². The number of para-hydroxylation sites is 1. The fourth-order valence-corrected chi connectivity index (χ4v) is 3.65. The second-order valence-electron chi connectivity index (χ2n) is 5.50. The van der Waals surface area contributed by atoms with E-state index in [0.717, 1.165) is 16.1 Å². The van der Waals surface area contributed by atoms with Crippen LogP contribution in [0.5, 0.6) is 0 Å². The molecule has 5 heteroatoms. The molecule has 1 heterocycles. The monoisotopic (exact) mass is 331 g/mol. The van der Waals surface area contributed by atoms with Gasteiger partial charge in [-0.25, -0.2) is 4.39 Å². The number of rotatable bonds is 5. The summed E-state index contributed by atoms with van der Waals surface area (Å²) in [6.45, 7) is 0.584. The predicted octanol–water partition coefficient (Wildman–Crippen LogP) is 3.43. The van der Waals surface area contributed by atoms with E-state index in [4.69, 9.17) is 0 Å². The van der Waals surface area contributed by atoms with Gasteiger partial charge in [0.25, 0.3) is 0 Å². The van der Waals surface area contributed by atoms with Crippen molar-refractivity contribution in [1.82, 2.24) is 0 Å². The van der Waals surface area contributed by atoms with Gasteiger partial charge < -0.3 is 10.0 Å². The minimum atomic E-state index is -0.255. The Hall–Kier alpha value is -1.85. The second-order valence-corrected chi connectivity index (χ2v) is 6.66. The number of carbonyl (C=O) groups excluding carboxylic acids is 1. The number of carbonyl (C=O) groups is 1. The molecule has 2 aromatic rings. The molecule has 0 aromatic heterocycles. The highest BCUT2D eigenvalue weighted by molar-refractivity contribution is 7.99. The van der Waals surface area contributed by atoms with Crippen LogP contribution in [0.15, 0.2) is 53.4 Å². The van der Waals surface area contributed by atoms with Crippen molar-refractivity contribution in [2.45, 2.75) is 17.2 Å². The molecule has 1 aliphatic rings. The molecule has 3 rings (SSSR count). The lowest BCUT2D eigenvalue weighted by molar-refractivity contribution is -0.118. The number of amides is 1. The van der Waals surface area contributed by atoms with Crippen LogP contribution in [0, 0.1) is 5.82 Å². The van der Waals surface area contributed by atoms with Crippen LogP contribution in [0.3, 0.4) is 0 Å². The summed E-state index contributed by atoms with van der Waals surface area (Å²) in [4.78, 5) is 15.2. The Balaban J connectivity index is 1.60. The number of hydrogen-bond donors (Lipinski definition) is 1. The van der Waals surface area contributed by atoms with E-state index in [-0.39, 0.29) is 24.2 Å². The maximum absolute atomic E-state index is 12.9. The SMILES string of the molecule is O=C(CCSc1ccc(F)cc1)N1CC(CO)c2ccccc21. The summed E-state index contributed by atoms with van der Waals surface area (Å²) in [5, 5.41) is 9.49. The molecule has 1 aliphatic heterocycles. The molecule has 1 N–H and O–H groups in total. The Morgan fingerprint density at radius 1 is 1.22 bits per heavy atom. The highest BCUT2D eigenvalue weighted by atomic mass is 32.2. The Kier molecular flexibility index (Phi) is 4.98. The van der Waals surface area contributed by atoms with Crippen molar-refractivity contribution < 1.29 is 14.3 Å². The number of fused-ring (bicyclic) bond motifs is 1. The lowest BCUT2D eigenvalue weighted by atomic mass is 10.0. The van der Waals surface area contributed by atoms with Crippen molar-refractivity contribution >= 4 is 23.4 Å². The molecule has 0 fully saturated rings. The van der Waals surface area contributed by atoms with E-state index in [1.54, 1.807) is 28.8 Å². The van der Waals surface area contributed by atoms with Gasteiger partial charge in [-0.2, -0.15) is 0 Å². The van der Waals surface area contributed by atoms with Gasteiger partial charge >= 0.3 is 0 Å². The molecule has 0 aliphatic carbocycles. The third kappa shape index (κ3) is 3.57. The number of hydrogen-bond acceptors (Lipinski definition) is 3. The number of aliphatic hydroxyl groups is 1. The number of anilines is 1. The molecule has 120 valence electrons. The van der Waals surface area contributed by atoms with Gasteiger partial charge in [0.15, 0.2) is 0 Å². The zero-order valence-electron chi connectivity index (χ0n) is 12.6. The Bertz CT molecular complexity index is 690. The van der Waals surface area contributed by atoms with E-state index in [1.165, 1.54) is 12.1 Å². The molecule has 0 bridgehead atoms. The van der Waals surface area contributed by atoms with Gasteiger partial charge in [0.1, 0.15) is 5.82 Å². The van der Waals surface area contributed by atoms with Crippen molar-refractivity contribution in [3.63, 3.8) is 0 Å². The van der Waals surface area contributed by atoms with E-state index in [1.807, 2.05) is 24.3 Å². The maximum Gasteiger partial charge on any atom is 0.227 e. The molecule has 0 saturated carbocycles. The molecular formula is C18H18FNO2S. The Morgan fingerprint density at radius 3 is 2.70 bits per heavy atom. The van der Waals surface area contributed by atoms with Gasteiger partial charge in [0, 0.05) is 35.2 Å². The van der Waals surface area contributed by atoms with Crippen LogP contribution in [-0.4, -0.2) is 29.9 Å². The summed E-state index contributed by atoms with van der Waals surface area (Å²) in [6.07, 6.45) is 0.411. The second kappa shape index (κ2) is 7.15. The van der Waals surface area contributed by atoms with E-state index >= 15 is 0 Å². The number of halogens is 1. The Labute approximate surface area is 139 Å². The smallest absolute Gasteiger partial charge is 0.227 e. The van der Waals surface area contributed by atoms with Gasteiger partial charge in [-0.15, -0.1) is 11.8 Å². The van der Waals surface area contributed by atoms with Crippen LogP contribution in [0.2, 0.25) is 0 Å². The molecule has 0 saturated heterocycles. The minimum Gasteiger partial charge on any atom is -0.396 e. The highest BCUT2D eigenvalue weighted by Crippen LogP contribution is 2.36. The fourth-order valence-electron chi connectivity index (χ4n) is 2.81. The van der Waals surface area contributed by atoms with Gasteiger partial charge in [0.05, 0.1) is 6.61 Å². The van der Waals surface area contributed by atoms with Gasteiger partial charge in [-0.1, -0.05) is 18.2 Å². The van der Waals surface area contributed by atoms with Crippen molar-refractivity contribution in [2.75, 3.05) is 23.8 Å². The quantitative estimate of drug-likeness (QED) is 0.854. The average molecular weight is 331 g/mol. The van der Waals surface area contributed by atoms with Gasteiger partial charge in [0.2, 0.25) is 5.91 Å². The number of thioether (sulfide) groups is 1. The first-order valence-electron chi connectivity index (χ1n) is 7.57. The first-order valence-corrected chi connectivity index (χ1v) is 8.56. The third-order valence-electron chi connectivity index (χ3n) is 3.99. The van der Waals surface area contributed by atoms with Crippen LogP contribution in [0.25, 0.3) is 0 Å². The summed E-state index contributed by atoms with van der Waals surface area (Å²) in [7, 11) is 0. The normalized spacial score (nSPS) is 16.4. The topological polar surface area (TPSA) is 40.5 Å². The van der Waals surface area contributed by atoms with E-state index in [0.29, 0.717) is 18.7 Å². The molecule has 3 nitrogen and oxygen atoms in total. The minimum absolute atomic E-state index is 0.0000911. The zero-order valence-corrected chi connectivity index (χ0v) is 13.4. The summed E-state index contributed by atoms with van der Waals surface area (Å²) >= 11 is 1.54. The van der Waals surface area contributed by atoms with Crippen molar-refractivity contribution in [3.05, 3.63) is 59.9 Å². The molecular weight excluding hydrogens is 313 g/mol. The van der Waals surface area contributed by atoms with Crippen LogP contribution in [0.1, 0.15) is 17.9 Å². The first kappa shape index (κ1) is 16.0. The predicted molar refractivity (Wildman–Crippen MR) is 90.4 cm³/mol. The maximum atomic E-state index is 12.9.